The van der Waals surface area contributed by atoms with Crippen molar-refractivity contribution in [3.05, 3.63) is 47.1 Å². The van der Waals surface area contributed by atoms with Gasteiger partial charge in [0.05, 0.1) is 12.9 Å². The second-order valence-electron chi connectivity index (χ2n) is 3.95. The van der Waals surface area contributed by atoms with Crippen molar-refractivity contribution in [3.63, 3.8) is 0 Å². The zero-order valence-corrected chi connectivity index (χ0v) is 10.8. The van der Waals surface area contributed by atoms with Gasteiger partial charge in [0.1, 0.15) is 0 Å². The van der Waals surface area contributed by atoms with Gasteiger partial charge in [-0.25, -0.2) is 9.37 Å². The van der Waals surface area contributed by atoms with Gasteiger partial charge in [0.2, 0.25) is 5.28 Å². The molecule has 1 aromatic carbocycles. The van der Waals surface area contributed by atoms with Crippen LogP contribution in [0.15, 0.2) is 30.5 Å². The topological polar surface area (TPSA) is 37.8 Å². The van der Waals surface area contributed by atoms with Crippen LogP contribution in [0, 0.1) is 5.82 Å². The normalized spacial score (nSPS) is 10.5. The first kappa shape index (κ1) is 13.7. The number of nitrogens with one attached hydrogen (secondary N) is 1. The molecule has 19 heavy (non-hydrogen) atoms. The van der Waals surface area contributed by atoms with E-state index in [2.05, 4.69) is 15.3 Å². The van der Waals surface area contributed by atoms with Crippen molar-refractivity contribution in [1.82, 2.24) is 9.97 Å². The summed E-state index contributed by atoms with van der Waals surface area (Å²) in [5.41, 5.74) is 1.71. The van der Waals surface area contributed by atoms with Gasteiger partial charge in [-0.15, -0.1) is 0 Å². The second-order valence-corrected chi connectivity index (χ2v) is 4.29. The van der Waals surface area contributed by atoms with E-state index in [9.17, 15) is 8.78 Å². The van der Waals surface area contributed by atoms with Gasteiger partial charge in [0, 0.05) is 5.69 Å². The lowest BCUT2D eigenvalue weighted by molar-refractivity contribution is 0.473. The molecule has 2 rings (SSSR count). The Morgan fingerprint density at radius 3 is 2.63 bits per heavy atom. The van der Waals surface area contributed by atoms with Gasteiger partial charge in [-0.1, -0.05) is 12.1 Å². The molecule has 0 amide bonds. The van der Waals surface area contributed by atoms with Crippen LogP contribution < -0.4 is 5.32 Å². The summed E-state index contributed by atoms with van der Waals surface area (Å²) in [6.07, 6.45) is 2.20. The predicted octanol–water partition coefficient (Wildman–Crippen LogP) is 3.91. The minimum Gasteiger partial charge on any atom is -0.338 e. The quantitative estimate of drug-likeness (QED) is 0.845. The third-order valence-corrected chi connectivity index (χ3v) is 2.71. The van der Waals surface area contributed by atoms with Gasteiger partial charge in [-0.3, -0.25) is 4.39 Å². The average molecular weight is 284 g/mol. The highest BCUT2D eigenvalue weighted by Crippen LogP contribution is 2.19. The number of hydrogen-bond donors (Lipinski definition) is 1. The fourth-order valence-corrected chi connectivity index (χ4v) is 1.73. The van der Waals surface area contributed by atoms with Gasteiger partial charge in [-0.05, 0) is 42.1 Å². The number of nitrogens with zero attached hydrogens (tertiary/aromatic N) is 2. The number of aromatic nitrogens is 2. The lowest BCUT2D eigenvalue weighted by Gasteiger charge is -2.07. The van der Waals surface area contributed by atoms with Gasteiger partial charge in [0.25, 0.3) is 0 Å². The SMILES string of the molecule is FCCCc1ccc(Nc2nc(Cl)ncc2F)cc1. The van der Waals surface area contributed by atoms with E-state index >= 15 is 0 Å². The van der Waals surface area contributed by atoms with Crippen LogP contribution in [0.1, 0.15) is 12.0 Å². The Bertz CT molecular complexity index is 546. The molecule has 100 valence electrons. The Hall–Kier alpha value is -1.75. The molecule has 0 saturated carbocycles. The molecule has 0 aliphatic heterocycles. The average Bonchev–Trinajstić information content (AvgIpc) is 2.42. The number of aryl methyl sites for hydroxylation is 1. The largest absolute Gasteiger partial charge is 0.338 e. The molecule has 6 heteroatoms. The van der Waals surface area contributed by atoms with Crippen molar-refractivity contribution < 1.29 is 8.78 Å². The number of hydrogen-bond acceptors (Lipinski definition) is 3. The number of rotatable bonds is 5. The van der Waals surface area contributed by atoms with Crippen LogP contribution >= 0.6 is 11.6 Å². The zero-order valence-electron chi connectivity index (χ0n) is 10.0. The van der Waals surface area contributed by atoms with E-state index in [1.807, 2.05) is 12.1 Å². The summed E-state index contributed by atoms with van der Waals surface area (Å²) in [6.45, 7) is -0.329. The standard InChI is InChI=1S/C13H12ClF2N3/c14-13-17-8-11(16)12(19-13)18-10-5-3-9(4-6-10)2-1-7-15/h3-6,8H,1-2,7H2,(H,17,18,19). The summed E-state index contributed by atoms with van der Waals surface area (Å²) in [6, 6.07) is 7.28. The molecule has 0 unspecified atom stereocenters. The van der Waals surface area contributed by atoms with Crippen molar-refractivity contribution in [2.24, 2.45) is 0 Å². The Morgan fingerprint density at radius 1 is 1.21 bits per heavy atom. The Morgan fingerprint density at radius 2 is 1.95 bits per heavy atom. The fourth-order valence-electron chi connectivity index (χ4n) is 1.60. The molecule has 1 N–H and O–H groups in total. The summed E-state index contributed by atoms with van der Waals surface area (Å²) in [7, 11) is 0. The molecule has 1 aromatic heterocycles. The van der Waals surface area contributed by atoms with Gasteiger partial charge < -0.3 is 5.32 Å². The summed E-state index contributed by atoms with van der Waals surface area (Å²) in [4.78, 5) is 7.29. The van der Waals surface area contributed by atoms with Crippen LogP contribution in [0.2, 0.25) is 5.28 Å². The molecule has 0 aliphatic rings. The molecule has 0 spiro atoms. The van der Waals surface area contributed by atoms with E-state index in [0.29, 0.717) is 18.5 Å². The Balaban J connectivity index is 2.08. The lowest BCUT2D eigenvalue weighted by atomic mass is 10.1. The maximum atomic E-state index is 13.4. The van der Waals surface area contributed by atoms with Crippen molar-refractivity contribution in [3.8, 4) is 0 Å². The van der Waals surface area contributed by atoms with Crippen molar-refractivity contribution in [2.45, 2.75) is 12.8 Å². The summed E-state index contributed by atoms with van der Waals surface area (Å²) < 4.78 is 25.5. The lowest BCUT2D eigenvalue weighted by Crippen LogP contribution is -1.99. The van der Waals surface area contributed by atoms with Crippen LogP contribution in [0.25, 0.3) is 0 Å². The van der Waals surface area contributed by atoms with Crippen molar-refractivity contribution >= 4 is 23.1 Å². The molecule has 3 nitrogen and oxygen atoms in total. The smallest absolute Gasteiger partial charge is 0.224 e. The molecular formula is C13H12ClF2N3. The number of benzene rings is 1. The number of anilines is 2. The van der Waals surface area contributed by atoms with Crippen molar-refractivity contribution in [1.29, 1.82) is 0 Å². The summed E-state index contributed by atoms with van der Waals surface area (Å²) >= 11 is 5.60. The highest BCUT2D eigenvalue weighted by atomic mass is 35.5. The zero-order chi connectivity index (χ0) is 13.7. The number of alkyl halides is 1. The van der Waals surface area contributed by atoms with Crippen LogP contribution in [0.3, 0.4) is 0 Å². The molecule has 0 atom stereocenters. The molecular weight excluding hydrogens is 272 g/mol. The highest BCUT2D eigenvalue weighted by molar-refractivity contribution is 6.28. The van der Waals surface area contributed by atoms with Gasteiger partial charge >= 0.3 is 0 Å². The first-order valence-electron chi connectivity index (χ1n) is 5.79. The first-order valence-corrected chi connectivity index (χ1v) is 6.17. The molecule has 0 fully saturated rings. The van der Waals surface area contributed by atoms with Crippen molar-refractivity contribution in [2.75, 3.05) is 12.0 Å². The van der Waals surface area contributed by atoms with Crippen LogP contribution in [0.4, 0.5) is 20.3 Å². The summed E-state index contributed by atoms with van der Waals surface area (Å²) in [5, 5.41) is 2.79. The van der Waals surface area contributed by atoms with E-state index in [4.69, 9.17) is 11.6 Å². The van der Waals surface area contributed by atoms with E-state index in [-0.39, 0.29) is 17.8 Å². The number of halogens is 3. The van der Waals surface area contributed by atoms with E-state index in [0.717, 1.165) is 11.8 Å². The third-order valence-electron chi connectivity index (χ3n) is 2.53. The molecule has 0 bridgehead atoms. The minimum absolute atomic E-state index is 0.0245. The predicted molar refractivity (Wildman–Crippen MR) is 71.0 cm³/mol. The monoisotopic (exact) mass is 283 g/mol. The second kappa shape index (κ2) is 6.43. The minimum atomic E-state index is -0.578. The highest BCUT2D eigenvalue weighted by Gasteiger charge is 2.06. The van der Waals surface area contributed by atoms with E-state index < -0.39 is 5.82 Å². The molecule has 0 aliphatic carbocycles. The van der Waals surface area contributed by atoms with E-state index in [1.165, 1.54) is 0 Å². The van der Waals surface area contributed by atoms with E-state index in [1.54, 1.807) is 12.1 Å². The maximum absolute atomic E-state index is 13.4. The molecule has 1 heterocycles. The van der Waals surface area contributed by atoms with Gasteiger partial charge in [-0.2, -0.15) is 4.98 Å². The Kier molecular flexibility index (Phi) is 4.63. The fraction of sp³-hybridized carbons (Fsp3) is 0.231. The molecule has 0 radical (unpaired) electrons. The third kappa shape index (κ3) is 3.86. The summed E-state index contributed by atoms with van der Waals surface area (Å²) in [5.74, 6) is -0.553. The maximum Gasteiger partial charge on any atom is 0.224 e. The molecule has 0 saturated heterocycles. The Labute approximate surface area is 114 Å². The molecule has 2 aromatic rings. The van der Waals surface area contributed by atoms with Crippen LogP contribution in [-0.2, 0) is 6.42 Å². The van der Waals surface area contributed by atoms with Gasteiger partial charge in [0.15, 0.2) is 11.6 Å². The van der Waals surface area contributed by atoms with Crippen LogP contribution in [0.5, 0.6) is 0 Å². The van der Waals surface area contributed by atoms with Crippen LogP contribution in [-0.4, -0.2) is 16.6 Å². The first-order chi connectivity index (χ1) is 9.19.